The molecule has 0 spiro atoms. The highest BCUT2D eigenvalue weighted by molar-refractivity contribution is 6.32. The molecule has 1 heterocycles. The quantitative estimate of drug-likeness (QED) is 0.700. The summed E-state index contributed by atoms with van der Waals surface area (Å²) in [5.74, 6) is -1.31. The summed E-state index contributed by atoms with van der Waals surface area (Å²) in [5.41, 5.74) is 2.66. The molecule has 8 heteroatoms. The number of hydrogen-bond acceptors (Lipinski definition) is 4. The number of nitrogens with zero attached hydrogens (tertiary/aromatic N) is 2. The molecule has 1 aliphatic rings. The van der Waals surface area contributed by atoms with Gasteiger partial charge in [-0.2, -0.15) is 0 Å². The van der Waals surface area contributed by atoms with Crippen LogP contribution >= 0.6 is 23.2 Å². The zero-order valence-corrected chi connectivity index (χ0v) is 17.6. The van der Waals surface area contributed by atoms with Crippen molar-refractivity contribution in [3.8, 4) is 0 Å². The largest absolute Gasteiger partial charge is 0.369 e. The van der Waals surface area contributed by atoms with Gasteiger partial charge in [0.05, 0.1) is 12.1 Å². The maximum Gasteiger partial charge on any atom is 0.254 e. The van der Waals surface area contributed by atoms with Crippen molar-refractivity contribution in [2.45, 2.75) is 13.5 Å². The Balaban J connectivity index is 1.62. The number of aldehydes is 1. The maximum atomic E-state index is 14.4. The van der Waals surface area contributed by atoms with E-state index in [1.165, 1.54) is 12.1 Å². The van der Waals surface area contributed by atoms with Gasteiger partial charge in [-0.3, -0.25) is 9.69 Å². The molecule has 0 atom stereocenters. The van der Waals surface area contributed by atoms with Crippen molar-refractivity contribution < 1.29 is 14.0 Å². The molecule has 2 aromatic rings. The van der Waals surface area contributed by atoms with Gasteiger partial charge in [-0.25, -0.2) is 4.39 Å². The molecule has 1 fully saturated rings. The van der Waals surface area contributed by atoms with Crippen LogP contribution in [0.15, 0.2) is 30.3 Å². The lowest BCUT2D eigenvalue weighted by molar-refractivity contribution is -0.107. The zero-order chi connectivity index (χ0) is 21.0. The van der Waals surface area contributed by atoms with Crippen molar-refractivity contribution in [3.05, 3.63) is 62.9 Å². The number of carbonyl (C=O) groups is 2. The molecule has 1 N–H and O–H groups in total. The van der Waals surface area contributed by atoms with E-state index < -0.39 is 11.7 Å². The van der Waals surface area contributed by atoms with E-state index in [4.69, 9.17) is 23.2 Å². The van der Waals surface area contributed by atoms with Crippen molar-refractivity contribution >= 4 is 41.1 Å². The highest BCUT2D eigenvalue weighted by atomic mass is 35.5. The van der Waals surface area contributed by atoms with Gasteiger partial charge in [-0.1, -0.05) is 23.2 Å². The summed E-state index contributed by atoms with van der Waals surface area (Å²) in [5, 5.41) is 3.40. The van der Waals surface area contributed by atoms with E-state index in [1.807, 2.05) is 19.1 Å². The van der Waals surface area contributed by atoms with E-state index >= 15 is 0 Å². The van der Waals surface area contributed by atoms with Gasteiger partial charge >= 0.3 is 0 Å². The van der Waals surface area contributed by atoms with Gasteiger partial charge in [0.1, 0.15) is 12.1 Å². The topological polar surface area (TPSA) is 52.6 Å². The molecule has 3 rings (SSSR count). The lowest BCUT2D eigenvalue weighted by Crippen LogP contribution is -2.46. The van der Waals surface area contributed by atoms with Crippen LogP contribution in [0.4, 0.5) is 10.1 Å². The minimum atomic E-state index is -0.657. The third-order valence-corrected chi connectivity index (χ3v) is 5.78. The Hall–Kier alpha value is -2.15. The molecule has 0 aromatic heterocycles. The first-order chi connectivity index (χ1) is 13.9. The van der Waals surface area contributed by atoms with Crippen molar-refractivity contribution in [1.82, 2.24) is 10.2 Å². The van der Waals surface area contributed by atoms with E-state index in [1.54, 1.807) is 0 Å². The molecule has 29 heavy (non-hydrogen) atoms. The van der Waals surface area contributed by atoms with Gasteiger partial charge in [-0.05, 0) is 48.4 Å². The van der Waals surface area contributed by atoms with Crippen LogP contribution in [0.25, 0.3) is 0 Å². The number of carbonyl (C=O) groups excluding carboxylic acids is 2. The second-order valence-electron chi connectivity index (χ2n) is 7.00. The first-order valence-corrected chi connectivity index (χ1v) is 10.1. The average molecular weight is 438 g/mol. The average Bonchev–Trinajstić information content (AvgIpc) is 2.71. The lowest BCUT2D eigenvalue weighted by Gasteiger charge is -2.36. The Morgan fingerprint density at radius 3 is 2.52 bits per heavy atom. The van der Waals surface area contributed by atoms with Crippen LogP contribution < -0.4 is 10.2 Å². The van der Waals surface area contributed by atoms with Crippen LogP contribution in [0, 0.1) is 12.7 Å². The van der Waals surface area contributed by atoms with Gasteiger partial charge < -0.3 is 15.0 Å². The number of aryl methyl sites for hydroxylation is 1. The van der Waals surface area contributed by atoms with Crippen molar-refractivity contribution in [2.75, 3.05) is 37.6 Å². The minimum absolute atomic E-state index is 0.163. The summed E-state index contributed by atoms with van der Waals surface area (Å²) in [7, 11) is 0. The van der Waals surface area contributed by atoms with Gasteiger partial charge in [0.15, 0.2) is 0 Å². The number of amides is 1. The number of halogens is 3. The van der Waals surface area contributed by atoms with Gasteiger partial charge in [0.25, 0.3) is 5.91 Å². The summed E-state index contributed by atoms with van der Waals surface area (Å²) in [6, 6.07) is 8.63. The standard InChI is InChI=1S/C21H22Cl2FN3O2/c1-14-10-16(2-3-18(14)22)27-7-5-26(6-8-27)13-15-11-20(24)17(12-19(15)23)21(29)25-4-9-28/h2-3,9-12H,4-8,13H2,1H3,(H,25,29). The number of piperazine rings is 1. The van der Waals surface area contributed by atoms with Crippen LogP contribution in [0.3, 0.4) is 0 Å². The highest BCUT2D eigenvalue weighted by Crippen LogP contribution is 2.26. The fourth-order valence-electron chi connectivity index (χ4n) is 3.34. The Morgan fingerprint density at radius 2 is 1.86 bits per heavy atom. The molecule has 0 aliphatic carbocycles. The second kappa shape index (κ2) is 9.57. The van der Waals surface area contributed by atoms with Gasteiger partial charge in [0, 0.05) is 48.5 Å². The Kier molecular flexibility index (Phi) is 7.11. The molecule has 2 aromatic carbocycles. The molecule has 1 saturated heterocycles. The van der Waals surface area contributed by atoms with E-state index in [0.29, 0.717) is 23.4 Å². The number of benzene rings is 2. The third kappa shape index (κ3) is 5.26. The van der Waals surface area contributed by atoms with Crippen LogP contribution in [0.5, 0.6) is 0 Å². The van der Waals surface area contributed by atoms with E-state index in [-0.39, 0.29) is 12.1 Å². The predicted molar refractivity (Wildman–Crippen MR) is 113 cm³/mol. The summed E-state index contributed by atoms with van der Waals surface area (Å²) in [6.45, 7) is 5.61. The minimum Gasteiger partial charge on any atom is -0.369 e. The van der Waals surface area contributed by atoms with E-state index in [9.17, 15) is 14.0 Å². The third-order valence-electron chi connectivity index (χ3n) is 5.00. The molecule has 0 unspecified atom stereocenters. The number of rotatable bonds is 6. The van der Waals surface area contributed by atoms with Crippen LogP contribution in [-0.4, -0.2) is 49.8 Å². The van der Waals surface area contributed by atoms with Crippen molar-refractivity contribution in [2.24, 2.45) is 0 Å². The molecule has 0 bridgehead atoms. The number of nitrogens with one attached hydrogen (secondary N) is 1. The summed E-state index contributed by atoms with van der Waals surface area (Å²) >= 11 is 12.4. The van der Waals surface area contributed by atoms with Crippen molar-refractivity contribution in [1.29, 1.82) is 0 Å². The SMILES string of the molecule is Cc1cc(N2CCN(Cc3cc(F)c(C(=O)NCC=O)cc3Cl)CC2)ccc1Cl. The monoisotopic (exact) mass is 437 g/mol. The molecule has 154 valence electrons. The summed E-state index contributed by atoms with van der Waals surface area (Å²) in [6.07, 6.45) is 0.538. The molecular weight excluding hydrogens is 416 g/mol. The fraction of sp³-hybridized carbons (Fsp3) is 0.333. The summed E-state index contributed by atoms with van der Waals surface area (Å²) in [4.78, 5) is 26.8. The maximum absolute atomic E-state index is 14.4. The molecule has 1 amide bonds. The molecule has 1 aliphatic heterocycles. The van der Waals surface area contributed by atoms with Crippen molar-refractivity contribution in [3.63, 3.8) is 0 Å². The number of anilines is 1. The Morgan fingerprint density at radius 1 is 1.14 bits per heavy atom. The van der Waals surface area contributed by atoms with E-state index in [0.717, 1.165) is 42.5 Å². The fourth-order valence-corrected chi connectivity index (χ4v) is 3.68. The second-order valence-corrected chi connectivity index (χ2v) is 7.81. The lowest BCUT2D eigenvalue weighted by atomic mass is 10.1. The number of hydrogen-bond donors (Lipinski definition) is 1. The Bertz CT molecular complexity index is 915. The highest BCUT2D eigenvalue weighted by Gasteiger charge is 2.20. The van der Waals surface area contributed by atoms with Gasteiger partial charge in [0.2, 0.25) is 0 Å². The smallest absolute Gasteiger partial charge is 0.254 e. The molecular formula is C21H22Cl2FN3O2. The van der Waals surface area contributed by atoms with Gasteiger partial charge in [-0.15, -0.1) is 0 Å². The molecule has 0 radical (unpaired) electrons. The van der Waals surface area contributed by atoms with Crippen LogP contribution in [0.1, 0.15) is 21.5 Å². The first kappa shape index (κ1) is 21.6. The normalized spacial score (nSPS) is 14.7. The molecule has 0 saturated carbocycles. The van der Waals surface area contributed by atoms with Crippen LogP contribution in [0.2, 0.25) is 10.0 Å². The summed E-state index contributed by atoms with van der Waals surface area (Å²) < 4.78 is 14.4. The van der Waals surface area contributed by atoms with E-state index in [2.05, 4.69) is 21.2 Å². The zero-order valence-electron chi connectivity index (χ0n) is 16.1. The Labute approximate surface area is 179 Å². The predicted octanol–water partition coefficient (Wildman–Crippen LogP) is 3.69. The van der Waals surface area contributed by atoms with Crippen LogP contribution in [-0.2, 0) is 11.3 Å². The molecule has 5 nitrogen and oxygen atoms in total. The first-order valence-electron chi connectivity index (χ1n) is 9.32.